The first-order valence-electron chi connectivity index (χ1n) is 9.52. The third kappa shape index (κ3) is 24.2. The topological polar surface area (TPSA) is 40.1 Å². The molecule has 0 bridgehead atoms. The van der Waals surface area contributed by atoms with E-state index in [9.17, 15) is 9.90 Å². The van der Waals surface area contributed by atoms with Crippen molar-refractivity contribution in [2.24, 2.45) is 0 Å². The van der Waals surface area contributed by atoms with E-state index >= 15 is 0 Å². The van der Waals surface area contributed by atoms with Crippen LogP contribution in [0.2, 0.25) is 0 Å². The minimum Gasteiger partial charge on any atom is -0.550 e. The molecule has 0 spiro atoms. The lowest BCUT2D eigenvalue weighted by molar-refractivity contribution is -0.890. The zero-order valence-corrected chi connectivity index (χ0v) is 17.0. The summed E-state index contributed by atoms with van der Waals surface area (Å²) < 4.78 is 1.23. The summed E-state index contributed by atoms with van der Waals surface area (Å²) in [5.41, 5.74) is 0. The molecule has 0 atom stereocenters. The number of hydrogen-bond acceptors (Lipinski definition) is 3. The Balaban J connectivity index is 0. The Hall–Kier alpha value is -0.220. The van der Waals surface area contributed by atoms with Crippen LogP contribution >= 0.6 is 12.6 Å². The Kier molecular flexibility index (Phi) is 19.7. The van der Waals surface area contributed by atoms with Gasteiger partial charge in [0.1, 0.15) is 0 Å². The van der Waals surface area contributed by atoms with Gasteiger partial charge in [0.2, 0.25) is 0 Å². The average molecular weight is 348 g/mol. The number of carboxylic acid groups (broad SMARTS) is 1. The summed E-state index contributed by atoms with van der Waals surface area (Å²) in [7, 11) is 4.80. The SMILES string of the molecule is CCCCCCCC[N+](C)(C)CCCCCC.O=C([O-])CCS. The second-order valence-electron chi connectivity index (χ2n) is 7.06. The third-order valence-electron chi connectivity index (χ3n) is 4.05. The lowest BCUT2D eigenvalue weighted by Crippen LogP contribution is -2.41. The molecule has 0 aliphatic heterocycles. The van der Waals surface area contributed by atoms with E-state index in [1.54, 1.807) is 0 Å². The van der Waals surface area contributed by atoms with E-state index in [0.717, 1.165) is 0 Å². The first-order chi connectivity index (χ1) is 10.9. The monoisotopic (exact) mass is 347 g/mol. The van der Waals surface area contributed by atoms with Gasteiger partial charge in [-0.2, -0.15) is 12.6 Å². The number of unbranched alkanes of at least 4 members (excludes halogenated alkanes) is 8. The van der Waals surface area contributed by atoms with E-state index in [1.165, 1.54) is 81.8 Å². The number of thiol groups is 1. The van der Waals surface area contributed by atoms with Gasteiger partial charge in [-0.05, 0) is 37.9 Å². The second-order valence-corrected chi connectivity index (χ2v) is 7.50. The number of carboxylic acids is 1. The molecule has 0 saturated heterocycles. The van der Waals surface area contributed by atoms with Gasteiger partial charge in [0.25, 0.3) is 0 Å². The summed E-state index contributed by atoms with van der Waals surface area (Å²) in [6, 6.07) is 0. The Morgan fingerprint density at radius 2 is 1.22 bits per heavy atom. The zero-order valence-electron chi connectivity index (χ0n) is 16.1. The minimum absolute atomic E-state index is 0.0448. The molecular formula is C19H41NO2S. The number of quaternary nitrogens is 1. The van der Waals surface area contributed by atoms with Crippen LogP contribution in [0.15, 0.2) is 0 Å². The Morgan fingerprint density at radius 3 is 1.57 bits per heavy atom. The summed E-state index contributed by atoms with van der Waals surface area (Å²) in [4.78, 5) is 9.44. The highest BCUT2D eigenvalue weighted by atomic mass is 32.1. The predicted octanol–water partition coefficient (Wildman–Crippen LogP) is 4.06. The van der Waals surface area contributed by atoms with Crippen molar-refractivity contribution in [3.05, 3.63) is 0 Å². The van der Waals surface area contributed by atoms with Gasteiger partial charge in [-0.3, -0.25) is 0 Å². The normalized spacial score (nSPS) is 11.0. The molecule has 0 amide bonds. The molecule has 0 heterocycles. The maximum atomic E-state index is 9.44. The summed E-state index contributed by atoms with van der Waals surface area (Å²) in [6.07, 6.45) is 14.2. The summed E-state index contributed by atoms with van der Waals surface area (Å²) in [6.45, 7) is 7.32. The van der Waals surface area contributed by atoms with Crippen molar-refractivity contribution in [2.45, 2.75) is 84.5 Å². The van der Waals surface area contributed by atoms with Crippen molar-refractivity contribution >= 4 is 18.6 Å². The number of aliphatic carboxylic acids is 1. The van der Waals surface area contributed by atoms with Crippen molar-refractivity contribution in [3.63, 3.8) is 0 Å². The predicted molar refractivity (Wildman–Crippen MR) is 103 cm³/mol. The van der Waals surface area contributed by atoms with Gasteiger partial charge in [0.05, 0.1) is 27.2 Å². The second kappa shape index (κ2) is 18.1. The van der Waals surface area contributed by atoms with E-state index < -0.39 is 5.97 Å². The van der Waals surface area contributed by atoms with Crippen LogP contribution in [0.4, 0.5) is 0 Å². The Labute approximate surface area is 150 Å². The molecule has 140 valence electrons. The van der Waals surface area contributed by atoms with E-state index in [4.69, 9.17) is 0 Å². The van der Waals surface area contributed by atoms with Crippen LogP contribution in [-0.2, 0) is 4.79 Å². The molecule has 0 aromatic rings. The molecule has 0 aromatic carbocycles. The summed E-state index contributed by atoms with van der Waals surface area (Å²) >= 11 is 3.64. The summed E-state index contributed by atoms with van der Waals surface area (Å²) in [5, 5.41) is 9.44. The highest BCUT2D eigenvalue weighted by Gasteiger charge is 2.13. The molecular weight excluding hydrogens is 306 g/mol. The zero-order chi connectivity index (χ0) is 18.0. The average Bonchev–Trinajstić information content (AvgIpc) is 2.48. The lowest BCUT2D eigenvalue weighted by atomic mass is 10.1. The third-order valence-corrected chi connectivity index (χ3v) is 4.27. The first-order valence-corrected chi connectivity index (χ1v) is 10.2. The smallest absolute Gasteiger partial charge is 0.0782 e. The summed E-state index contributed by atoms with van der Waals surface area (Å²) in [5.74, 6) is -0.674. The molecule has 4 heteroatoms. The Morgan fingerprint density at radius 1 is 0.826 bits per heavy atom. The van der Waals surface area contributed by atoms with E-state index in [-0.39, 0.29) is 6.42 Å². The number of rotatable bonds is 14. The number of hydrogen-bond donors (Lipinski definition) is 1. The Bertz CT molecular complexity index is 258. The molecule has 23 heavy (non-hydrogen) atoms. The standard InChI is InChI=1S/C16H36N.C3H6O2S/c1-5-7-9-11-12-14-16-17(3,4)15-13-10-8-6-2;4-3(5)1-2-6/h5-16H2,1-4H3;6H,1-2H2,(H,4,5)/q+1;/p-1. The molecule has 3 nitrogen and oxygen atoms in total. The fraction of sp³-hybridized carbons (Fsp3) is 0.947. The molecule has 0 saturated carbocycles. The van der Waals surface area contributed by atoms with Crippen LogP contribution in [-0.4, -0.2) is 43.4 Å². The van der Waals surface area contributed by atoms with Gasteiger partial charge in [0, 0.05) is 5.97 Å². The van der Waals surface area contributed by atoms with Crippen molar-refractivity contribution in [1.82, 2.24) is 0 Å². The van der Waals surface area contributed by atoms with Gasteiger partial charge in [-0.25, -0.2) is 0 Å². The molecule has 0 radical (unpaired) electrons. The molecule has 0 unspecified atom stereocenters. The molecule has 0 aliphatic carbocycles. The lowest BCUT2D eigenvalue weighted by Gasteiger charge is -2.30. The first kappa shape index (κ1) is 25.0. The van der Waals surface area contributed by atoms with Crippen LogP contribution in [0.3, 0.4) is 0 Å². The van der Waals surface area contributed by atoms with Gasteiger partial charge in [-0.1, -0.05) is 52.4 Å². The minimum atomic E-state index is -1.04. The van der Waals surface area contributed by atoms with Crippen LogP contribution < -0.4 is 5.11 Å². The number of carbonyl (C=O) groups is 1. The van der Waals surface area contributed by atoms with Crippen molar-refractivity contribution in [3.8, 4) is 0 Å². The maximum absolute atomic E-state index is 9.44. The molecule has 0 N–H and O–H groups in total. The van der Waals surface area contributed by atoms with E-state index in [1.807, 2.05) is 0 Å². The molecule has 0 aromatic heterocycles. The maximum Gasteiger partial charge on any atom is 0.0782 e. The van der Waals surface area contributed by atoms with Crippen LogP contribution in [0.5, 0.6) is 0 Å². The highest BCUT2D eigenvalue weighted by molar-refractivity contribution is 7.80. The van der Waals surface area contributed by atoms with Crippen LogP contribution in [0.25, 0.3) is 0 Å². The van der Waals surface area contributed by atoms with Crippen molar-refractivity contribution < 1.29 is 14.4 Å². The number of carbonyl (C=O) groups excluding carboxylic acids is 1. The van der Waals surface area contributed by atoms with Crippen LogP contribution in [0, 0.1) is 0 Å². The van der Waals surface area contributed by atoms with E-state index in [0.29, 0.717) is 5.75 Å². The van der Waals surface area contributed by atoms with Gasteiger partial charge >= 0.3 is 0 Å². The van der Waals surface area contributed by atoms with Gasteiger partial charge in [-0.15, -0.1) is 0 Å². The molecule has 0 rings (SSSR count). The molecule has 0 fully saturated rings. The van der Waals surface area contributed by atoms with E-state index in [2.05, 4.69) is 40.6 Å². The fourth-order valence-electron chi connectivity index (χ4n) is 2.49. The van der Waals surface area contributed by atoms with Gasteiger partial charge in [0.15, 0.2) is 0 Å². The van der Waals surface area contributed by atoms with Gasteiger partial charge < -0.3 is 14.4 Å². The quantitative estimate of drug-likeness (QED) is 0.292. The fourth-order valence-corrected chi connectivity index (χ4v) is 2.67. The van der Waals surface area contributed by atoms with Crippen LogP contribution in [0.1, 0.15) is 84.5 Å². The number of nitrogens with zero attached hydrogens (tertiary/aromatic N) is 1. The molecule has 0 aliphatic rings. The highest BCUT2D eigenvalue weighted by Crippen LogP contribution is 2.10. The van der Waals surface area contributed by atoms with Crippen molar-refractivity contribution in [2.75, 3.05) is 32.9 Å². The largest absolute Gasteiger partial charge is 0.550 e. The van der Waals surface area contributed by atoms with Crippen molar-refractivity contribution in [1.29, 1.82) is 0 Å².